The Balaban J connectivity index is 3.41. The van der Waals surface area contributed by atoms with Crippen LogP contribution in [0.1, 0.15) is 23.4 Å². The van der Waals surface area contributed by atoms with Crippen molar-refractivity contribution >= 4 is 34.2 Å². The van der Waals surface area contributed by atoms with Crippen LogP contribution in [0.15, 0.2) is 6.07 Å². The van der Waals surface area contributed by atoms with Gasteiger partial charge < -0.3 is 0 Å². The highest BCUT2D eigenvalue weighted by Gasteiger charge is 2.37. The van der Waals surface area contributed by atoms with E-state index in [2.05, 4.69) is 4.98 Å². The van der Waals surface area contributed by atoms with Crippen LogP contribution in [0, 0.1) is 3.57 Å². The van der Waals surface area contributed by atoms with Crippen LogP contribution in [-0.4, -0.2) is 4.98 Å². The smallest absolute Gasteiger partial charge is 0.250 e. The number of nitrogens with zero attached hydrogens (tertiary/aromatic N) is 1. The van der Waals surface area contributed by atoms with Gasteiger partial charge in [-0.05, 0) is 28.7 Å². The second kappa shape index (κ2) is 4.99. The Hall–Kier alpha value is -0.180. The molecule has 0 saturated carbocycles. The van der Waals surface area contributed by atoms with Crippen LogP contribution in [0.4, 0.5) is 22.0 Å². The molecule has 1 aromatic rings. The summed E-state index contributed by atoms with van der Waals surface area (Å²) in [5.41, 5.74) is -2.32. The van der Waals surface area contributed by atoms with Gasteiger partial charge in [0.2, 0.25) is 0 Å². The third-order valence-electron chi connectivity index (χ3n) is 1.70. The average Bonchev–Trinajstić information content (AvgIpc) is 2.14. The molecule has 0 N–H and O–H groups in total. The quantitative estimate of drug-likeness (QED) is 0.427. The molecule has 0 atom stereocenters. The van der Waals surface area contributed by atoms with Gasteiger partial charge in [0, 0.05) is 3.57 Å². The van der Waals surface area contributed by atoms with Gasteiger partial charge in [0.25, 0.3) is 6.43 Å². The lowest BCUT2D eigenvalue weighted by atomic mass is 10.2. The van der Waals surface area contributed by atoms with E-state index in [1.165, 1.54) is 22.6 Å². The van der Waals surface area contributed by atoms with E-state index in [0.717, 1.165) is 0 Å². The summed E-state index contributed by atoms with van der Waals surface area (Å²) in [4.78, 5) is 3.21. The Morgan fingerprint density at radius 2 is 1.94 bits per heavy atom. The lowest BCUT2D eigenvalue weighted by molar-refractivity contribution is -0.139. The number of halogens is 7. The van der Waals surface area contributed by atoms with Crippen LogP contribution in [0.5, 0.6) is 0 Å². The molecule has 1 aromatic heterocycles. The van der Waals surface area contributed by atoms with E-state index in [9.17, 15) is 22.0 Å². The molecule has 0 aromatic carbocycles. The van der Waals surface area contributed by atoms with Crippen molar-refractivity contribution in [2.45, 2.75) is 18.5 Å². The third-order valence-corrected chi connectivity index (χ3v) is 2.80. The zero-order valence-electron chi connectivity index (χ0n) is 7.45. The first kappa shape index (κ1) is 13.9. The van der Waals surface area contributed by atoms with Gasteiger partial charge in [0.15, 0.2) is 0 Å². The van der Waals surface area contributed by atoms with Crippen LogP contribution in [0.2, 0.25) is 0 Å². The average molecular weight is 371 g/mol. The molecule has 16 heavy (non-hydrogen) atoms. The van der Waals surface area contributed by atoms with Crippen molar-refractivity contribution < 1.29 is 22.0 Å². The van der Waals surface area contributed by atoms with E-state index in [0.29, 0.717) is 6.07 Å². The molecule has 0 bridgehead atoms. The molecule has 0 spiro atoms. The molecule has 0 fully saturated rings. The number of alkyl halides is 6. The molecule has 1 heterocycles. The maximum atomic E-state index is 12.5. The van der Waals surface area contributed by atoms with Crippen LogP contribution in [0.25, 0.3) is 0 Å². The minimum absolute atomic E-state index is 0.328. The third kappa shape index (κ3) is 2.93. The molecule has 0 amide bonds. The normalized spacial score (nSPS) is 12.2. The van der Waals surface area contributed by atoms with Crippen molar-refractivity contribution in [3.8, 4) is 0 Å². The summed E-state index contributed by atoms with van der Waals surface area (Å²) in [5.74, 6) is -0.564. The fourth-order valence-electron chi connectivity index (χ4n) is 1.09. The van der Waals surface area contributed by atoms with Crippen LogP contribution in [0.3, 0.4) is 0 Å². The first-order valence-electron chi connectivity index (χ1n) is 3.88. The summed E-state index contributed by atoms with van der Waals surface area (Å²) in [6.45, 7) is 0. The molecule has 0 aliphatic carbocycles. The Morgan fingerprint density at radius 1 is 1.38 bits per heavy atom. The van der Waals surface area contributed by atoms with Crippen molar-refractivity contribution in [2.75, 3.05) is 0 Å². The first-order chi connectivity index (χ1) is 7.27. The molecule has 90 valence electrons. The molecule has 0 saturated heterocycles. The summed E-state index contributed by atoms with van der Waals surface area (Å²) < 4.78 is 61.9. The molecule has 0 unspecified atom stereocenters. The maximum Gasteiger partial charge on any atom is 0.419 e. The van der Waals surface area contributed by atoms with Crippen molar-refractivity contribution in [2.24, 2.45) is 0 Å². The van der Waals surface area contributed by atoms with E-state index >= 15 is 0 Å². The predicted molar refractivity (Wildman–Crippen MR) is 56.5 cm³/mol. The zero-order chi connectivity index (χ0) is 12.5. The van der Waals surface area contributed by atoms with Crippen molar-refractivity contribution in [1.29, 1.82) is 0 Å². The number of aromatic nitrogens is 1. The van der Waals surface area contributed by atoms with E-state index in [4.69, 9.17) is 11.6 Å². The highest BCUT2D eigenvalue weighted by Crippen LogP contribution is 2.36. The van der Waals surface area contributed by atoms with Crippen LogP contribution >= 0.6 is 34.2 Å². The lowest BCUT2D eigenvalue weighted by Gasteiger charge is -2.14. The first-order valence-corrected chi connectivity index (χ1v) is 5.49. The van der Waals surface area contributed by atoms with E-state index in [1.807, 2.05) is 0 Å². The Labute approximate surface area is 106 Å². The summed E-state index contributed by atoms with van der Waals surface area (Å²) >= 11 is 6.62. The molecule has 8 heteroatoms. The highest BCUT2D eigenvalue weighted by molar-refractivity contribution is 14.1. The van der Waals surface area contributed by atoms with Gasteiger partial charge in [-0.25, -0.2) is 13.8 Å². The topological polar surface area (TPSA) is 12.9 Å². The zero-order valence-corrected chi connectivity index (χ0v) is 10.4. The van der Waals surface area contributed by atoms with Gasteiger partial charge in [-0.15, -0.1) is 11.6 Å². The van der Waals surface area contributed by atoms with Gasteiger partial charge in [0.05, 0.1) is 17.1 Å². The molecule has 0 aliphatic rings. The molecule has 0 aliphatic heterocycles. The van der Waals surface area contributed by atoms with E-state index < -0.39 is 35.4 Å². The van der Waals surface area contributed by atoms with Gasteiger partial charge in [-0.1, -0.05) is 0 Å². The fraction of sp³-hybridized carbons (Fsp3) is 0.375. The highest BCUT2D eigenvalue weighted by atomic mass is 127. The largest absolute Gasteiger partial charge is 0.419 e. The summed E-state index contributed by atoms with van der Waals surface area (Å²) in [6.07, 6.45) is -7.56. The standard InChI is InChI=1S/C8H4ClF5IN/c9-2-5-6(8(12,13)14)3(15)1-4(16-5)7(10)11/h1,7H,2H2. The van der Waals surface area contributed by atoms with E-state index in [-0.39, 0.29) is 3.57 Å². The van der Waals surface area contributed by atoms with Gasteiger partial charge in [-0.2, -0.15) is 13.2 Å². The Bertz CT molecular complexity index is 393. The Morgan fingerprint density at radius 3 is 2.31 bits per heavy atom. The number of hydrogen-bond donors (Lipinski definition) is 0. The maximum absolute atomic E-state index is 12.5. The van der Waals surface area contributed by atoms with Crippen LogP contribution in [-0.2, 0) is 12.1 Å². The van der Waals surface area contributed by atoms with Crippen molar-refractivity contribution in [3.63, 3.8) is 0 Å². The molecular weight excluding hydrogens is 367 g/mol. The lowest BCUT2D eigenvalue weighted by Crippen LogP contribution is -2.14. The van der Waals surface area contributed by atoms with Gasteiger partial charge in [0.1, 0.15) is 5.69 Å². The van der Waals surface area contributed by atoms with Gasteiger partial charge >= 0.3 is 6.18 Å². The van der Waals surface area contributed by atoms with Crippen molar-refractivity contribution in [1.82, 2.24) is 4.98 Å². The summed E-state index contributed by atoms with van der Waals surface area (Å²) in [6, 6.07) is 0.712. The minimum atomic E-state index is -4.64. The summed E-state index contributed by atoms with van der Waals surface area (Å²) in [5, 5.41) is 0. The second-order valence-corrected chi connectivity index (χ2v) is 4.21. The monoisotopic (exact) mass is 371 g/mol. The second-order valence-electron chi connectivity index (χ2n) is 2.78. The molecule has 1 rings (SSSR count). The molecule has 1 nitrogen and oxygen atoms in total. The van der Waals surface area contributed by atoms with E-state index in [1.54, 1.807) is 0 Å². The van der Waals surface area contributed by atoms with Crippen molar-refractivity contribution in [3.05, 3.63) is 26.6 Å². The SMILES string of the molecule is FC(F)c1cc(I)c(C(F)(F)F)c(CCl)n1. The van der Waals surface area contributed by atoms with Crippen LogP contribution < -0.4 is 0 Å². The number of rotatable bonds is 2. The molecular formula is C8H4ClF5IN. The number of hydrogen-bond acceptors (Lipinski definition) is 1. The predicted octanol–water partition coefficient (Wildman–Crippen LogP) is 4.38. The minimum Gasteiger partial charge on any atom is -0.250 e. The summed E-state index contributed by atoms with van der Waals surface area (Å²) in [7, 11) is 0. The fourth-order valence-corrected chi connectivity index (χ4v) is 2.22. The number of pyridine rings is 1. The Kier molecular flexibility index (Phi) is 4.33. The van der Waals surface area contributed by atoms with Gasteiger partial charge in [-0.3, -0.25) is 0 Å². The molecule has 0 radical (unpaired) electrons.